The highest BCUT2D eigenvalue weighted by Gasteiger charge is 2.27. The first-order valence-electron chi connectivity index (χ1n) is 8.24. The molecule has 8 heteroatoms. The molecule has 0 aliphatic rings. The zero-order valence-electron chi connectivity index (χ0n) is 15.0. The van der Waals surface area contributed by atoms with Crippen LogP contribution in [-0.4, -0.2) is 30.6 Å². The van der Waals surface area contributed by atoms with Crippen molar-refractivity contribution in [3.63, 3.8) is 0 Å². The van der Waals surface area contributed by atoms with Gasteiger partial charge < -0.3 is 5.32 Å². The Balaban J connectivity index is 1.78. The number of rotatable bonds is 7. The van der Waals surface area contributed by atoms with E-state index >= 15 is 0 Å². The van der Waals surface area contributed by atoms with Gasteiger partial charge in [-0.2, -0.15) is 0 Å². The van der Waals surface area contributed by atoms with Crippen molar-refractivity contribution in [1.82, 2.24) is 9.71 Å². The quantitative estimate of drug-likeness (QED) is 0.717. The van der Waals surface area contributed by atoms with E-state index in [-0.39, 0.29) is 5.91 Å². The van der Waals surface area contributed by atoms with Gasteiger partial charge in [0.15, 0.2) is 0 Å². The second-order valence-corrected chi connectivity index (χ2v) is 10.3. The molecule has 0 unspecified atom stereocenters. The summed E-state index contributed by atoms with van der Waals surface area (Å²) in [6.07, 6.45) is 1.60. The number of unbranched alkanes of at least 4 members (excludes halogenated alkanes) is 1. The Hall–Kier alpha value is -1.51. The van der Waals surface area contributed by atoms with Crippen LogP contribution in [0.4, 0.5) is 5.69 Å². The molecule has 138 valence electrons. The fourth-order valence-corrected chi connectivity index (χ4v) is 3.89. The summed E-state index contributed by atoms with van der Waals surface area (Å²) in [4.78, 5) is 16.4. The highest BCUT2D eigenvalue weighted by atomic mass is 32.2. The number of sulfonamides is 1. The Morgan fingerprint density at radius 3 is 2.64 bits per heavy atom. The Labute approximate surface area is 153 Å². The first-order chi connectivity index (χ1) is 11.6. The Kier molecular flexibility index (Phi) is 6.18. The van der Waals surface area contributed by atoms with E-state index in [4.69, 9.17) is 0 Å². The van der Waals surface area contributed by atoms with Crippen molar-refractivity contribution < 1.29 is 13.2 Å². The van der Waals surface area contributed by atoms with Gasteiger partial charge in [0.2, 0.25) is 15.9 Å². The van der Waals surface area contributed by atoms with Crippen LogP contribution in [0.25, 0.3) is 10.2 Å². The lowest BCUT2D eigenvalue weighted by Gasteiger charge is -2.19. The first-order valence-corrected chi connectivity index (χ1v) is 10.6. The van der Waals surface area contributed by atoms with E-state index in [0.29, 0.717) is 25.8 Å². The SMILES string of the molecule is Cc1c(NC(=O)CCCCNS(=O)(=O)C(C)(C)C)ccc2ncsc12. The van der Waals surface area contributed by atoms with Gasteiger partial charge in [-0.1, -0.05) is 0 Å². The van der Waals surface area contributed by atoms with Crippen LogP contribution in [0.2, 0.25) is 0 Å². The average Bonchev–Trinajstić information content (AvgIpc) is 2.98. The van der Waals surface area contributed by atoms with Crippen LogP contribution >= 0.6 is 11.3 Å². The van der Waals surface area contributed by atoms with Gasteiger partial charge in [-0.15, -0.1) is 11.3 Å². The van der Waals surface area contributed by atoms with Gasteiger partial charge in [-0.05, 0) is 58.2 Å². The van der Waals surface area contributed by atoms with E-state index in [2.05, 4.69) is 15.0 Å². The molecule has 2 aromatic rings. The molecule has 6 nitrogen and oxygen atoms in total. The van der Waals surface area contributed by atoms with Crippen molar-refractivity contribution in [3.05, 3.63) is 23.2 Å². The van der Waals surface area contributed by atoms with E-state index in [9.17, 15) is 13.2 Å². The topological polar surface area (TPSA) is 88.2 Å². The molecule has 0 saturated carbocycles. The van der Waals surface area contributed by atoms with Gasteiger partial charge in [0.1, 0.15) is 0 Å². The maximum Gasteiger partial charge on any atom is 0.224 e. The minimum absolute atomic E-state index is 0.0642. The molecule has 1 aromatic heterocycles. The zero-order valence-corrected chi connectivity index (χ0v) is 16.7. The lowest BCUT2D eigenvalue weighted by atomic mass is 10.1. The molecule has 1 amide bonds. The van der Waals surface area contributed by atoms with Crippen molar-refractivity contribution >= 4 is 43.2 Å². The molecule has 25 heavy (non-hydrogen) atoms. The molecule has 1 heterocycles. The van der Waals surface area contributed by atoms with Gasteiger partial charge in [0, 0.05) is 18.7 Å². The predicted octanol–water partition coefficient (Wildman–Crippen LogP) is 3.43. The van der Waals surface area contributed by atoms with Crippen LogP contribution in [0.3, 0.4) is 0 Å². The van der Waals surface area contributed by atoms with E-state index in [1.54, 1.807) is 37.6 Å². The van der Waals surface area contributed by atoms with Crippen LogP contribution in [0.1, 0.15) is 45.6 Å². The lowest BCUT2D eigenvalue weighted by Crippen LogP contribution is -2.39. The highest BCUT2D eigenvalue weighted by Crippen LogP contribution is 2.28. The molecule has 0 atom stereocenters. The number of aromatic nitrogens is 1. The minimum Gasteiger partial charge on any atom is -0.326 e. The summed E-state index contributed by atoms with van der Waals surface area (Å²) in [6.45, 7) is 7.29. The van der Waals surface area contributed by atoms with Crippen molar-refractivity contribution in [3.8, 4) is 0 Å². The number of fused-ring (bicyclic) bond motifs is 1. The zero-order chi connectivity index (χ0) is 18.7. The first kappa shape index (κ1) is 19.8. The van der Waals surface area contributed by atoms with Crippen molar-refractivity contribution in [1.29, 1.82) is 0 Å². The number of aryl methyl sites for hydroxylation is 1. The highest BCUT2D eigenvalue weighted by molar-refractivity contribution is 7.90. The van der Waals surface area contributed by atoms with Crippen molar-refractivity contribution in [2.75, 3.05) is 11.9 Å². The number of amides is 1. The van der Waals surface area contributed by atoms with Crippen LogP contribution < -0.4 is 10.0 Å². The van der Waals surface area contributed by atoms with Gasteiger partial charge in [-0.3, -0.25) is 4.79 Å². The van der Waals surface area contributed by atoms with Crippen LogP contribution in [0.5, 0.6) is 0 Å². The molecule has 0 aliphatic carbocycles. The third kappa shape index (κ3) is 4.99. The predicted molar refractivity (Wildman–Crippen MR) is 104 cm³/mol. The second kappa shape index (κ2) is 7.80. The minimum atomic E-state index is -3.32. The van der Waals surface area contributed by atoms with Gasteiger partial charge in [0.05, 0.1) is 20.5 Å². The summed E-state index contributed by atoms with van der Waals surface area (Å²) < 4.78 is 26.7. The lowest BCUT2D eigenvalue weighted by molar-refractivity contribution is -0.116. The van der Waals surface area contributed by atoms with Gasteiger partial charge in [0.25, 0.3) is 0 Å². The number of anilines is 1. The van der Waals surface area contributed by atoms with E-state index < -0.39 is 14.8 Å². The molecule has 0 saturated heterocycles. The Morgan fingerprint density at radius 2 is 1.96 bits per heavy atom. The molecule has 0 aliphatic heterocycles. The maximum atomic E-state index is 12.1. The van der Waals surface area contributed by atoms with Crippen LogP contribution in [-0.2, 0) is 14.8 Å². The summed E-state index contributed by atoms with van der Waals surface area (Å²) >= 11 is 1.56. The molecular weight excluding hydrogens is 358 g/mol. The summed E-state index contributed by atoms with van der Waals surface area (Å²) in [5.41, 5.74) is 4.55. The number of hydrogen-bond donors (Lipinski definition) is 2. The summed E-state index contributed by atoms with van der Waals surface area (Å²) in [5.74, 6) is -0.0642. The number of benzene rings is 1. The average molecular weight is 384 g/mol. The third-order valence-corrected chi connectivity index (χ3v) is 7.11. The fourth-order valence-electron chi connectivity index (χ4n) is 2.25. The monoisotopic (exact) mass is 383 g/mol. The Morgan fingerprint density at radius 1 is 1.24 bits per heavy atom. The summed E-state index contributed by atoms with van der Waals surface area (Å²) in [5, 5.41) is 2.92. The number of nitrogens with one attached hydrogen (secondary N) is 2. The maximum absolute atomic E-state index is 12.1. The van der Waals surface area contributed by atoms with Crippen LogP contribution in [0, 0.1) is 6.92 Å². The number of hydrogen-bond acceptors (Lipinski definition) is 5. The molecule has 1 aromatic carbocycles. The Bertz CT molecular complexity index is 852. The van der Waals surface area contributed by atoms with Gasteiger partial charge >= 0.3 is 0 Å². The van der Waals surface area contributed by atoms with Crippen molar-refractivity contribution in [2.45, 2.75) is 51.7 Å². The van der Waals surface area contributed by atoms with E-state index in [1.165, 1.54) is 0 Å². The molecular formula is C17H25N3O3S2. The molecule has 0 bridgehead atoms. The fraction of sp³-hybridized carbons (Fsp3) is 0.529. The molecule has 2 N–H and O–H groups in total. The number of carbonyl (C=O) groups excluding carboxylic acids is 1. The molecule has 0 spiro atoms. The second-order valence-electron chi connectivity index (χ2n) is 6.95. The number of nitrogens with zero attached hydrogens (tertiary/aromatic N) is 1. The van der Waals surface area contributed by atoms with Gasteiger partial charge in [-0.25, -0.2) is 18.1 Å². The van der Waals surface area contributed by atoms with Crippen LogP contribution in [0.15, 0.2) is 17.6 Å². The molecule has 0 fully saturated rings. The molecule has 2 rings (SSSR count). The number of carbonyl (C=O) groups is 1. The smallest absolute Gasteiger partial charge is 0.224 e. The van der Waals surface area contributed by atoms with Crippen molar-refractivity contribution in [2.24, 2.45) is 0 Å². The normalized spacial score (nSPS) is 12.5. The van der Waals surface area contributed by atoms with E-state index in [1.807, 2.05) is 19.1 Å². The largest absolute Gasteiger partial charge is 0.326 e. The summed E-state index contributed by atoms with van der Waals surface area (Å²) in [6, 6.07) is 3.77. The summed E-state index contributed by atoms with van der Waals surface area (Å²) in [7, 11) is -3.32. The third-order valence-electron chi connectivity index (χ3n) is 3.95. The molecule has 0 radical (unpaired) electrons. The number of thiazole rings is 1. The van der Waals surface area contributed by atoms with E-state index in [0.717, 1.165) is 21.5 Å². The standard InChI is InChI=1S/C17H25N3O3S2/c1-12-13(8-9-14-16(12)24-11-18-14)20-15(21)7-5-6-10-19-25(22,23)17(2,3)4/h8-9,11,19H,5-7,10H2,1-4H3,(H,20,21).